The van der Waals surface area contributed by atoms with Gasteiger partial charge in [-0.3, -0.25) is 4.79 Å². The Morgan fingerprint density at radius 2 is 2.19 bits per heavy atom. The summed E-state index contributed by atoms with van der Waals surface area (Å²) in [5, 5.41) is 0.588. The highest BCUT2D eigenvalue weighted by molar-refractivity contribution is 7.09. The minimum Gasteiger partial charge on any atom is -0.396 e. The van der Waals surface area contributed by atoms with E-state index in [9.17, 15) is 4.79 Å². The first kappa shape index (κ1) is 10.9. The van der Waals surface area contributed by atoms with Gasteiger partial charge >= 0.3 is 0 Å². The number of carbonyl (C=O) groups is 1. The van der Waals surface area contributed by atoms with E-state index in [4.69, 9.17) is 23.1 Å². The van der Waals surface area contributed by atoms with Gasteiger partial charge in [-0.2, -0.15) is 4.37 Å². The summed E-state index contributed by atoms with van der Waals surface area (Å²) < 4.78 is 4.11. The molecule has 1 heterocycles. The van der Waals surface area contributed by atoms with Gasteiger partial charge in [-0.1, -0.05) is 23.7 Å². The van der Waals surface area contributed by atoms with Crippen LogP contribution in [0.15, 0.2) is 24.3 Å². The quantitative estimate of drug-likeness (QED) is 0.860. The summed E-state index contributed by atoms with van der Waals surface area (Å²) in [5.74, 6) is -0.566. The summed E-state index contributed by atoms with van der Waals surface area (Å²) in [4.78, 5) is 11.3. The minimum atomic E-state index is -0.566. The summed E-state index contributed by atoms with van der Waals surface area (Å²) in [5.41, 5.74) is 12.6. The highest BCUT2D eigenvalue weighted by Crippen LogP contribution is 2.31. The Hall–Kier alpha value is -1.59. The number of nitrogens with two attached hydrogens (primary N) is 2. The second-order valence-electron chi connectivity index (χ2n) is 3.15. The Morgan fingerprint density at radius 1 is 1.44 bits per heavy atom. The molecule has 0 saturated heterocycles. The number of aromatic nitrogens is 1. The number of nitrogens with zero attached hydrogens (tertiary/aromatic N) is 1. The van der Waals surface area contributed by atoms with Crippen LogP contribution in [0, 0.1) is 0 Å². The molecule has 0 fully saturated rings. The van der Waals surface area contributed by atoms with Gasteiger partial charge in [0.05, 0.1) is 5.69 Å². The largest absolute Gasteiger partial charge is 0.396 e. The van der Waals surface area contributed by atoms with Crippen LogP contribution in [0.3, 0.4) is 0 Å². The Kier molecular flexibility index (Phi) is 2.80. The van der Waals surface area contributed by atoms with E-state index in [-0.39, 0.29) is 4.88 Å². The number of nitrogen functional groups attached to an aromatic ring is 1. The van der Waals surface area contributed by atoms with Gasteiger partial charge in [-0.05, 0) is 23.7 Å². The zero-order chi connectivity index (χ0) is 11.7. The van der Waals surface area contributed by atoms with Crippen LogP contribution < -0.4 is 11.5 Å². The third-order valence-corrected chi connectivity index (χ3v) is 3.16. The first-order valence-corrected chi connectivity index (χ1v) is 5.55. The van der Waals surface area contributed by atoms with Crippen LogP contribution in [0.25, 0.3) is 11.3 Å². The Labute approximate surface area is 101 Å². The van der Waals surface area contributed by atoms with Gasteiger partial charge in [0.25, 0.3) is 5.91 Å². The van der Waals surface area contributed by atoms with E-state index in [0.717, 1.165) is 17.1 Å². The van der Waals surface area contributed by atoms with Gasteiger partial charge in [0.2, 0.25) is 0 Å². The second-order valence-corrected chi connectivity index (χ2v) is 4.36. The van der Waals surface area contributed by atoms with Crippen LogP contribution in [0.1, 0.15) is 9.67 Å². The van der Waals surface area contributed by atoms with Crippen molar-refractivity contribution in [3.05, 3.63) is 34.2 Å². The van der Waals surface area contributed by atoms with E-state index in [0.29, 0.717) is 16.4 Å². The van der Waals surface area contributed by atoms with Gasteiger partial charge in [0.1, 0.15) is 10.6 Å². The number of rotatable bonds is 2. The first-order chi connectivity index (χ1) is 7.59. The maximum Gasteiger partial charge on any atom is 0.262 e. The third kappa shape index (κ3) is 1.87. The molecule has 0 radical (unpaired) electrons. The van der Waals surface area contributed by atoms with Gasteiger partial charge < -0.3 is 11.5 Å². The van der Waals surface area contributed by atoms with Gasteiger partial charge in [-0.25, -0.2) is 0 Å². The van der Waals surface area contributed by atoms with Crippen molar-refractivity contribution in [1.82, 2.24) is 4.37 Å². The maximum atomic E-state index is 11.0. The smallest absolute Gasteiger partial charge is 0.262 e. The number of anilines is 1. The maximum absolute atomic E-state index is 11.0. The summed E-state index contributed by atoms with van der Waals surface area (Å²) in [6, 6.07) is 7.10. The lowest BCUT2D eigenvalue weighted by Gasteiger charge is -1.99. The number of amides is 1. The van der Waals surface area contributed by atoms with Crippen molar-refractivity contribution in [2.24, 2.45) is 5.73 Å². The number of carbonyl (C=O) groups excluding carboxylic acids is 1. The molecule has 6 heteroatoms. The Balaban J connectivity index is 2.53. The number of benzene rings is 1. The predicted molar refractivity (Wildman–Crippen MR) is 65.5 cm³/mol. The highest BCUT2D eigenvalue weighted by atomic mass is 35.5. The van der Waals surface area contributed by atoms with Gasteiger partial charge in [-0.15, -0.1) is 0 Å². The molecular weight excluding hydrogens is 246 g/mol. The average molecular weight is 254 g/mol. The summed E-state index contributed by atoms with van der Waals surface area (Å²) in [7, 11) is 0. The lowest BCUT2D eigenvalue weighted by atomic mass is 10.1. The van der Waals surface area contributed by atoms with E-state index in [1.54, 1.807) is 18.2 Å². The van der Waals surface area contributed by atoms with Crippen molar-refractivity contribution < 1.29 is 4.79 Å². The number of hydrogen-bond acceptors (Lipinski definition) is 4. The van der Waals surface area contributed by atoms with E-state index >= 15 is 0 Å². The van der Waals surface area contributed by atoms with Crippen molar-refractivity contribution in [3.63, 3.8) is 0 Å². The minimum absolute atomic E-state index is 0.273. The molecule has 0 unspecified atom stereocenters. The molecule has 4 nitrogen and oxygen atoms in total. The molecule has 16 heavy (non-hydrogen) atoms. The van der Waals surface area contributed by atoms with Crippen molar-refractivity contribution in [2.45, 2.75) is 0 Å². The molecule has 4 N–H and O–H groups in total. The fourth-order valence-corrected chi connectivity index (χ4v) is 2.18. The molecule has 0 atom stereocenters. The number of halogens is 1. The van der Waals surface area contributed by atoms with Crippen LogP contribution in [0.2, 0.25) is 5.02 Å². The van der Waals surface area contributed by atoms with Crippen molar-refractivity contribution in [2.75, 3.05) is 5.73 Å². The SMILES string of the molecule is NC(=O)c1snc(-c2cccc(Cl)c2)c1N. The van der Waals surface area contributed by atoms with Crippen LogP contribution in [0.4, 0.5) is 5.69 Å². The van der Waals surface area contributed by atoms with E-state index < -0.39 is 5.91 Å². The fraction of sp³-hybridized carbons (Fsp3) is 0. The van der Waals surface area contributed by atoms with E-state index in [2.05, 4.69) is 4.37 Å². The lowest BCUT2D eigenvalue weighted by Crippen LogP contribution is -2.10. The molecule has 0 aliphatic rings. The molecule has 0 bridgehead atoms. The van der Waals surface area contributed by atoms with Gasteiger partial charge in [0.15, 0.2) is 0 Å². The molecule has 1 amide bonds. The number of primary amides is 1. The van der Waals surface area contributed by atoms with E-state index in [1.165, 1.54) is 0 Å². The normalized spacial score (nSPS) is 10.3. The molecule has 82 valence electrons. The fourth-order valence-electron chi connectivity index (χ4n) is 1.32. The molecule has 0 spiro atoms. The zero-order valence-electron chi connectivity index (χ0n) is 8.11. The zero-order valence-corrected chi connectivity index (χ0v) is 9.68. The Morgan fingerprint density at radius 3 is 2.75 bits per heavy atom. The lowest BCUT2D eigenvalue weighted by molar-refractivity contribution is 0.100. The molecule has 0 aliphatic carbocycles. The molecule has 1 aromatic heterocycles. The van der Waals surface area contributed by atoms with Crippen LogP contribution in [0.5, 0.6) is 0 Å². The first-order valence-electron chi connectivity index (χ1n) is 4.40. The van der Waals surface area contributed by atoms with Crippen LogP contribution in [-0.2, 0) is 0 Å². The van der Waals surface area contributed by atoms with Crippen LogP contribution >= 0.6 is 23.1 Å². The monoisotopic (exact) mass is 253 g/mol. The third-order valence-electron chi connectivity index (χ3n) is 2.05. The molecule has 2 aromatic rings. The van der Waals surface area contributed by atoms with E-state index in [1.807, 2.05) is 6.07 Å². The van der Waals surface area contributed by atoms with Gasteiger partial charge in [0, 0.05) is 10.6 Å². The molecule has 0 aliphatic heterocycles. The highest BCUT2D eigenvalue weighted by Gasteiger charge is 2.16. The van der Waals surface area contributed by atoms with Crippen molar-refractivity contribution >= 4 is 34.7 Å². The standard InChI is InChI=1S/C10H8ClN3OS/c11-6-3-1-2-5(4-6)8-7(12)9(10(13)15)16-14-8/h1-4H,12H2,(H2,13,15). The topological polar surface area (TPSA) is 82.0 Å². The summed E-state index contributed by atoms with van der Waals surface area (Å²) >= 11 is 6.85. The molecule has 0 saturated carbocycles. The summed E-state index contributed by atoms with van der Waals surface area (Å²) in [6.45, 7) is 0. The predicted octanol–water partition coefficient (Wildman–Crippen LogP) is 2.14. The second kappa shape index (κ2) is 4.11. The molecule has 1 aromatic carbocycles. The molecule has 2 rings (SSSR count). The summed E-state index contributed by atoms with van der Waals surface area (Å²) in [6.07, 6.45) is 0. The average Bonchev–Trinajstić information content (AvgIpc) is 2.60. The number of hydrogen-bond donors (Lipinski definition) is 2. The van der Waals surface area contributed by atoms with Crippen molar-refractivity contribution in [1.29, 1.82) is 0 Å². The molecular formula is C10H8ClN3OS. The van der Waals surface area contributed by atoms with Crippen LogP contribution in [-0.4, -0.2) is 10.3 Å². The van der Waals surface area contributed by atoms with Crippen molar-refractivity contribution in [3.8, 4) is 11.3 Å². The Bertz CT molecular complexity index is 553.